The lowest BCUT2D eigenvalue weighted by atomic mass is 10.2. The summed E-state index contributed by atoms with van der Waals surface area (Å²) in [5.74, 6) is 0. The predicted octanol–water partition coefficient (Wildman–Crippen LogP) is 1.18. The summed E-state index contributed by atoms with van der Waals surface area (Å²) in [4.78, 5) is 0. The maximum Gasteiger partial charge on any atom is 0.227 e. The zero-order valence-corrected chi connectivity index (χ0v) is 14.0. The van der Waals surface area contributed by atoms with Crippen LogP contribution in [0.3, 0.4) is 0 Å². The molecule has 2 aromatic rings. The summed E-state index contributed by atoms with van der Waals surface area (Å²) >= 11 is 0. The maximum absolute atomic E-state index is 11.9. The van der Waals surface area contributed by atoms with Crippen LogP contribution in [0.5, 0.6) is 0 Å². The van der Waals surface area contributed by atoms with Gasteiger partial charge in [-0.25, -0.2) is 26.3 Å². The van der Waals surface area contributed by atoms with Crippen LogP contribution in [-0.2, 0) is 33.1 Å². The minimum atomic E-state index is -3.94. The lowest BCUT2D eigenvalue weighted by Gasteiger charge is -2.09. The minimum absolute atomic E-state index is 0.0530. The Bertz CT molecular complexity index is 749. The van der Waals surface area contributed by atoms with E-state index in [1.807, 2.05) is 12.1 Å². The van der Waals surface area contributed by atoms with Gasteiger partial charge in [-0.15, -0.1) is 0 Å². The SMILES string of the molecule is O=S(=O)(CS(=O)(=O)NCc1ccccc1)NCc1ccccc1. The highest BCUT2D eigenvalue weighted by Crippen LogP contribution is 2.02. The van der Waals surface area contributed by atoms with Crippen LogP contribution >= 0.6 is 0 Å². The quantitative estimate of drug-likeness (QED) is 0.745. The monoisotopic (exact) mass is 354 g/mol. The van der Waals surface area contributed by atoms with Crippen LogP contribution in [0, 0.1) is 0 Å². The molecule has 23 heavy (non-hydrogen) atoms. The van der Waals surface area contributed by atoms with E-state index in [1.54, 1.807) is 48.5 Å². The van der Waals surface area contributed by atoms with Crippen LogP contribution in [0.15, 0.2) is 60.7 Å². The van der Waals surface area contributed by atoms with Gasteiger partial charge in [0.15, 0.2) is 5.08 Å². The van der Waals surface area contributed by atoms with E-state index in [1.165, 1.54) is 0 Å². The molecule has 2 N–H and O–H groups in total. The highest BCUT2D eigenvalue weighted by molar-refractivity contribution is 8.06. The van der Waals surface area contributed by atoms with E-state index in [2.05, 4.69) is 9.44 Å². The van der Waals surface area contributed by atoms with Crippen molar-refractivity contribution in [3.8, 4) is 0 Å². The second-order valence-corrected chi connectivity index (χ2v) is 8.94. The number of hydrogen-bond donors (Lipinski definition) is 2. The van der Waals surface area contributed by atoms with Crippen molar-refractivity contribution < 1.29 is 16.8 Å². The second-order valence-electron chi connectivity index (χ2n) is 4.96. The van der Waals surface area contributed by atoms with E-state index in [9.17, 15) is 16.8 Å². The van der Waals surface area contributed by atoms with Gasteiger partial charge in [-0.2, -0.15) is 0 Å². The van der Waals surface area contributed by atoms with Gasteiger partial charge < -0.3 is 0 Å². The molecule has 124 valence electrons. The second kappa shape index (κ2) is 7.69. The minimum Gasteiger partial charge on any atom is -0.211 e. The molecule has 0 radical (unpaired) electrons. The first-order chi connectivity index (χ1) is 10.9. The number of nitrogens with one attached hydrogen (secondary N) is 2. The molecule has 0 saturated heterocycles. The molecular formula is C15H18N2O4S2. The first-order valence-corrected chi connectivity index (χ1v) is 10.2. The fourth-order valence-electron chi connectivity index (χ4n) is 1.87. The van der Waals surface area contributed by atoms with Crippen LogP contribution in [0.25, 0.3) is 0 Å². The van der Waals surface area contributed by atoms with E-state index in [4.69, 9.17) is 0 Å². The van der Waals surface area contributed by atoms with Crippen molar-refractivity contribution in [2.45, 2.75) is 13.1 Å². The molecule has 0 unspecified atom stereocenters. The van der Waals surface area contributed by atoms with Crippen LogP contribution < -0.4 is 9.44 Å². The van der Waals surface area contributed by atoms with Crippen molar-refractivity contribution in [1.29, 1.82) is 0 Å². The fraction of sp³-hybridized carbons (Fsp3) is 0.200. The van der Waals surface area contributed by atoms with Crippen LogP contribution in [-0.4, -0.2) is 21.9 Å². The van der Waals surface area contributed by atoms with E-state index in [-0.39, 0.29) is 13.1 Å². The molecule has 6 nitrogen and oxygen atoms in total. The molecule has 0 atom stereocenters. The van der Waals surface area contributed by atoms with Crippen molar-refractivity contribution in [2.75, 3.05) is 5.08 Å². The first kappa shape index (κ1) is 17.6. The molecule has 0 saturated carbocycles. The number of benzene rings is 2. The van der Waals surface area contributed by atoms with Gasteiger partial charge in [0.2, 0.25) is 20.0 Å². The summed E-state index contributed by atoms with van der Waals surface area (Å²) in [6, 6.07) is 17.8. The molecule has 0 heterocycles. The van der Waals surface area contributed by atoms with Gasteiger partial charge in [0, 0.05) is 13.1 Å². The van der Waals surface area contributed by atoms with E-state index >= 15 is 0 Å². The molecule has 0 aliphatic heterocycles. The van der Waals surface area contributed by atoms with Gasteiger partial charge in [-0.05, 0) is 11.1 Å². The number of sulfonamides is 2. The fourth-order valence-corrected chi connectivity index (χ4v) is 4.94. The topological polar surface area (TPSA) is 92.3 Å². The largest absolute Gasteiger partial charge is 0.227 e. The Kier molecular flexibility index (Phi) is 5.89. The molecule has 0 aliphatic rings. The van der Waals surface area contributed by atoms with Gasteiger partial charge in [0.05, 0.1) is 0 Å². The zero-order chi connectivity index (χ0) is 16.8. The molecule has 0 amide bonds. The summed E-state index contributed by atoms with van der Waals surface area (Å²) < 4.78 is 52.2. The Morgan fingerprint density at radius 2 is 0.957 bits per heavy atom. The summed E-state index contributed by atoms with van der Waals surface area (Å²) in [6.07, 6.45) is 0. The van der Waals surface area contributed by atoms with Crippen LogP contribution in [0.2, 0.25) is 0 Å². The number of hydrogen-bond acceptors (Lipinski definition) is 4. The molecule has 0 spiro atoms. The predicted molar refractivity (Wildman–Crippen MR) is 89.3 cm³/mol. The van der Waals surface area contributed by atoms with Gasteiger partial charge >= 0.3 is 0 Å². The Hall–Kier alpha value is -1.74. The average Bonchev–Trinajstić information content (AvgIpc) is 2.52. The molecule has 0 bridgehead atoms. The summed E-state index contributed by atoms with van der Waals surface area (Å²) in [6.45, 7) is 0.106. The van der Waals surface area contributed by atoms with Crippen molar-refractivity contribution in [3.05, 3.63) is 71.8 Å². The summed E-state index contributed by atoms with van der Waals surface area (Å²) in [7, 11) is -7.88. The van der Waals surface area contributed by atoms with Crippen molar-refractivity contribution in [1.82, 2.24) is 9.44 Å². The van der Waals surface area contributed by atoms with Gasteiger partial charge in [0.1, 0.15) is 0 Å². The van der Waals surface area contributed by atoms with Crippen molar-refractivity contribution in [2.24, 2.45) is 0 Å². The molecule has 2 aromatic carbocycles. The van der Waals surface area contributed by atoms with Gasteiger partial charge in [-0.1, -0.05) is 60.7 Å². The molecule has 0 fully saturated rings. The first-order valence-electron chi connectivity index (χ1n) is 6.89. The van der Waals surface area contributed by atoms with Crippen LogP contribution in [0.1, 0.15) is 11.1 Å². The molecule has 8 heteroatoms. The van der Waals surface area contributed by atoms with Crippen molar-refractivity contribution in [3.63, 3.8) is 0 Å². The lowest BCUT2D eigenvalue weighted by molar-refractivity contribution is 0.573. The van der Waals surface area contributed by atoms with Gasteiger partial charge in [-0.3, -0.25) is 0 Å². The zero-order valence-electron chi connectivity index (χ0n) is 12.3. The molecule has 0 aliphatic carbocycles. The third-order valence-corrected chi connectivity index (χ3v) is 6.64. The van der Waals surface area contributed by atoms with Gasteiger partial charge in [0.25, 0.3) is 0 Å². The highest BCUT2D eigenvalue weighted by Gasteiger charge is 2.21. The molecule has 2 rings (SSSR count). The standard InChI is InChI=1S/C15H18N2O4S2/c18-22(19,16-11-14-7-3-1-4-8-14)13-23(20,21)17-12-15-9-5-2-6-10-15/h1-10,16-17H,11-13H2. The Balaban J connectivity index is 1.90. The van der Waals surface area contributed by atoms with E-state index in [0.29, 0.717) is 0 Å². The lowest BCUT2D eigenvalue weighted by Crippen LogP contribution is -2.35. The Morgan fingerprint density at radius 1 is 0.609 bits per heavy atom. The maximum atomic E-state index is 11.9. The van der Waals surface area contributed by atoms with Crippen molar-refractivity contribution >= 4 is 20.0 Å². The normalized spacial score (nSPS) is 12.2. The third-order valence-electron chi connectivity index (χ3n) is 2.99. The van der Waals surface area contributed by atoms with E-state index < -0.39 is 25.1 Å². The molecule has 0 aromatic heterocycles. The highest BCUT2D eigenvalue weighted by atomic mass is 32.3. The smallest absolute Gasteiger partial charge is 0.211 e. The molecular weight excluding hydrogens is 336 g/mol. The summed E-state index contributed by atoms with van der Waals surface area (Å²) in [5.41, 5.74) is 1.51. The third kappa shape index (κ3) is 6.49. The summed E-state index contributed by atoms with van der Waals surface area (Å²) in [5, 5.41) is -1.00. The number of rotatable bonds is 8. The van der Waals surface area contributed by atoms with E-state index in [0.717, 1.165) is 11.1 Å². The Morgan fingerprint density at radius 3 is 1.30 bits per heavy atom. The average molecular weight is 354 g/mol. The van der Waals surface area contributed by atoms with Crippen LogP contribution in [0.4, 0.5) is 0 Å². The Labute approximate surface area is 136 Å².